The Hall–Kier alpha value is -1.98. The van der Waals surface area contributed by atoms with Gasteiger partial charge in [0.25, 0.3) is 5.91 Å². The van der Waals surface area contributed by atoms with Gasteiger partial charge in [0.05, 0.1) is 0 Å². The van der Waals surface area contributed by atoms with Crippen molar-refractivity contribution in [3.63, 3.8) is 0 Å². The second-order valence-electron chi connectivity index (χ2n) is 6.53. The number of hydrogen-bond donors (Lipinski definition) is 1. The van der Waals surface area contributed by atoms with Crippen molar-refractivity contribution >= 4 is 16.7 Å². The standard InChI is InChI=1S/C20H24N2O2S/c1-15(22-12-11-16-5-3-4-6-18(16)14-22)13-21-20(23)17-7-9-19(10-8-17)25(2)24/h3-10,15H,11-14H2,1-2H3,(H,21,23)/t15-,25+/m1/s1. The number of nitrogens with zero attached hydrogens (tertiary/aromatic N) is 1. The fourth-order valence-corrected chi connectivity index (χ4v) is 3.68. The van der Waals surface area contributed by atoms with E-state index in [1.165, 1.54) is 11.1 Å². The van der Waals surface area contributed by atoms with Gasteiger partial charge in [0.1, 0.15) is 0 Å². The van der Waals surface area contributed by atoms with Crippen LogP contribution < -0.4 is 5.32 Å². The van der Waals surface area contributed by atoms with Gasteiger partial charge in [0.2, 0.25) is 0 Å². The molecule has 1 heterocycles. The fourth-order valence-electron chi connectivity index (χ4n) is 3.16. The van der Waals surface area contributed by atoms with Crippen LogP contribution >= 0.6 is 0 Å². The number of benzene rings is 2. The molecule has 1 amide bonds. The summed E-state index contributed by atoms with van der Waals surface area (Å²) >= 11 is 0. The molecule has 0 spiro atoms. The second-order valence-corrected chi connectivity index (χ2v) is 7.91. The van der Waals surface area contributed by atoms with E-state index in [1.54, 1.807) is 30.5 Å². The van der Waals surface area contributed by atoms with Gasteiger partial charge in [0.15, 0.2) is 0 Å². The van der Waals surface area contributed by atoms with Crippen LogP contribution in [0.1, 0.15) is 28.4 Å². The van der Waals surface area contributed by atoms with E-state index in [2.05, 4.69) is 41.4 Å². The zero-order chi connectivity index (χ0) is 17.8. The monoisotopic (exact) mass is 356 g/mol. The van der Waals surface area contributed by atoms with Crippen molar-refractivity contribution in [1.29, 1.82) is 0 Å². The van der Waals surface area contributed by atoms with Gasteiger partial charge in [-0.2, -0.15) is 0 Å². The molecule has 2 atom stereocenters. The first-order valence-corrected chi connectivity index (χ1v) is 10.1. The maximum atomic E-state index is 12.3. The highest BCUT2D eigenvalue weighted by Gasteiger charge is 2.20. The van der Waals surface area contributed by atoms with Gasteiger partial charge < -0.3 is 5.32 Å². The molecule has 2 aromatic rings. The van der Waals surface area contributed by atoms with E-state index >= 15 is 0 Å². The fraction of sp³-hybridized carbons (Fsp3) is 0.350. The Bertz CT molecular complexity index is 774. The molecule has 25 heavy (non-hydrogen) atoms. The lowest BCUT2D eigenvalue weighted by Crippen LogP contribution is -2.44. The molecule has 0 aromatic heterocycles. The lowest BCUT2D eigenvalue weighted by atomic mass is 9.99. The van der Waals surface area contributed by atoms with Crippen LogP contribution in [0.25, 0.3) is 0 Å². The maximum Gasteiger partial charge on any atom is 0.251 e. The van der Waals surface area contributed by atoms with E-state index in [0.29, 0.717) is 12.1 Å². The molecular formula is C20H24N2O2S. The summed E-state index contributed by atoms with van der Waals surface area (Å²) in [5.74, 6) is -0.0855. The van der Waals surface area contributed by atoms with Gasteiger partial charge >= 0.3 is 0 Å². The zero-order valence-electron chi connectivity index (χ0n) is 14.7. The first-order valence-electron chi connectivity index (χ1n) is 8.57. The minimum absolute atomic E-state index is 0.0855. The minimum atomic E-state index is -1.02. The van der Waals surface area contributed by atoms with E-state index in [9.17, 15) is 9.00 Å². The van der Waals surface area contributed by atoms with Gasteiger partial charge in [-0.25, -0.2) is 0 Å². The third kappa shape index (κ3) is 4.35. The Morgan fingerprint density at radius 3 is 2.52 bits per heavy atom. The molecule has 0 saturated heterocycles. The van der Waals surface area contributed by atoms with E-state index in [1.807, 2.05) is 0 Å². The highest BCUT2D eigenvalue weighted by molar-refractivity contribution is 7.84. The van der Waals surface area contributed by atoms with Crippen molar-refractivity contribution in [3.05, 3.63) is 65.2 Å². The highest BCUT2D eigenvalue weighted by atomic mass is 32.2. The average Bonchev–Trinajstić information content (AvgIpc) is 2.65. The molecule has 5 heteroatoms. The molecule has 0 aliphatic carbocycles. The van der Waals surface area contributed by atoms with Crippen LogP contribution in [0, 0.1) is 0 Å². The summed E-state index contributed by atoms with van der Waals surface area (Å²) in [6, 6.07) is 15.8. The van der Waals surface area contributed by atoms with E-state index < -0.39 is 10.8 Å². The topological polar surface area (TPSA) is 49.4 Å². The summed E-state index contributed by atoms with van der Waals surface area (Å²) in [5, 5.41) is 3.01. The molecule has 0 saturated carbocycles. The van der Waals surface area contributed by atoms with Gasteiger partial charge in [-0.1, -0.05) is 24.3 Å². The number of carbonyl (C=O) groups excluding carboxylic acids is 1. The third-order valence-corrected chi connectivity index (χ3v) is 5.73. The second kappa shape index (κ2) is 7.93. The van der Waals surface area contributed by atoms with Gasteiger partial charge in [-0.05, 0) is 48.7 Å². The van der Waals surface area contributed by atoms with Crippen molar-refractivity contribution in [2.75, 3.05) is 19.3 Å². The normalized spacial score (nSPS) is 16.7. The predicted octanol–water partition coefficient (Wildman–Crippen LogP) is 2.60. The largest absolute Gasteiger partial charge is 0.350 e. The van der Waals surface area contributed by atoms with Crippen LogP contribution in [0.5, 0.6) is 0 Å². The Morgan fingerprint density at radius 1 is 1.16 bits per heavy atom. The summed E-state index contributed by atoms with van der Waals surface area (Å²) < 4.78 is 11.4. The molecule has 0 radical (unpaired) electrons. The van der Waals surface area contributed by atoms with Crippen LogP contribution in [0.2, 0.25) is 0 Å². The zero-order valence-corrected chi connectivity index (χ0v) is 15.5. The molecular weight excluding hydrogens is 332 g/mol. The molecule has 0 fully saturated rings. The van der Waals surface area contributed by atoms with E-state index in [0.717, 1.165) is 24.4 Å². The van der Waals surface area contributed by atoms with Crippen molar-refractivity contribution in [2.45, 2.75) is 30.8 Å². The van der Waals surface area contributed by atoms with E-state index in [4.69, 9.17) is 0 Å². The van der Waals surface area contributed by atoms with Crippen molar-refractivity contribution < 1.29 is 9.00 Å². The van der Waals surface area contributed by atoms with Crippen LogP contribution in [0.15, 0.2) is 53.4 Å². The average molecular weight is 356 g/mol. The number of carbonyl (C=O) groups is 1. The summed E-state index contributed by atoms with van der Waals surface area (Å²) in [5.41, 5.74) is 3.42. The lowest BCUT2D eigenvalue weighted by Gasteiger charge is -2.33. The molecule has 1 aliphatic rings. The molecule has 132 valence electrons. The Labute approximate surface area is 151 Å². The first-order chi connectivity index (χ1) is 12.0. The van der Waals surface area contributed by atoms with Crippen molar-refractivity contribution in [1.82, 2.24) is 10.2 Å². The number of rotatable bonds is 5. The highest BCUT2D eigenvalue weighted by Crippen LogP contribution is 2.20. The summed E-state index contributed by atoms with van der Waals surface area (Å²) in [7, 11) is -1.02. The Kier molecular flexibility index (Phi) is 5.66. The third-order valence-electron chi connectivity index (χ3n) is 4.79. The van der Waals surface area contributed by atoms with Gasteiger partial charge in [-0.15, -0.1) is 0 Å². The number of hydrogen-bond acceptors (Lipinski definition) is 3. The molecule has 0 unspecified atom stereocenters. The number of nitrogens with one attached hydrogen (secondary N) is 1. The first kappa shape index (κ1) is 17.8. The quantitative estimate of drug-likeness (QED) is 0.896. The van der Waals surface area contributed by atoms with Crippen molar-refractivity contribution in [3.8, 4) is 0 Å². The molecule has 1 N–H and O–H groups in total. The van der Waals surface area contributed by atoms with Crippen LogP contribution in [-0.4, -0.2) is 40.4 Å². The predicted molar refractivity (Wildman–Crippen MR) is 101 cm³/mol. The molecule has 4 nitrogen and oxygen atoms in total. The summed E-state index contributed by atoms with van der Waals surface area (Å²) in [4.78, 5) is 15.4. The van der Waals surface area contributed by atoms with Gasteiger partial charge in [-0.3, -0.25) is 13.9 Å². The Morgan fingerprint density at radius 2 is 1.84 bits per heavy atom. The van der Waals surface area contributed by atoms with E-state index in [-0.39, 0.29) is 11.9 Å². The maximum absolute atomic E-state index is 12.3. The van der Waals surface area contributed by atoms with Crippen molar-refractivity contribution in [2.24, 2.45) is 0 Å². The number of amides is 1. The number of fused-ring (bicyclic) bond motifs is 1. The minimum Gasteiger partial charge on any atom is -0.350 e. The molecule has 2 aromatic carbocycles. The van der Waals surface area contributed by atoms with Crippen LogP contribution in [-0.2, 0) is 23.8 Å². The summed E-state index contributed by atoms with van der Waals surface area (Å²) in [6.07, 6.45) is 2.69. The van der Waals surface area contributed by atoms with Gasteiger partial charge in [0, 0.05) is 53.2 Å². The van der Waals surface area contributed by atoms with Crippen LogP contribution in [0.4, 0.5) is 0 Å². The molecule has 0 bridgehead atoms. The Balaban J connectivity index is 1.54. The smallest absolute Gasteiger partial charge is 0.251 e. The molecule has 3 rings (SSSR count). The SMILES string of the molecule is C[C@H](CNC(=O)c1ccc([S@](C)=O)cc1)N1CCc2ccccc2C1. The summed E-state index contributed by atoms with van der Waals surface area (Å²) in [6.45, 7) is 4.72. The van der Waals surface area contributed by atoms with Crippen LogP contribution in [0.3, 0.4) is 0 Å². The molecule has 1 aliphatic heterocycles. The lowest BCUT2D eigenvalue weighted by molar-refractivity contribution is 0.0932.